The molecule has 0 bridgehead atoms. The van der Waals surface area contributed by atoms with Crippen LogP contribution in [0.2, 0.25) is 0 Å². The molecule has 0 saturated heterocycles. The van der Waals surface area contributed by atoms with Crippen molar-refractivity contribution < 1.29 is 18.1 Å². The number of sulfonamides is 1. The second kappa shape index (κ2) is 6.64. The van der Waals surface area contributed by atoms with Crippen LogP contribution in [-0.4, -0.2) is 44.9 Å². The smallest absolute Gasteiger partial charge is 0.312 e. The number of hydrogen-bond donors (Lipinski definition) is 1. The molecule has 0 unspecified atom stereocenters. The molecule has 0 aliphatic carbocycles. The molecule has 0 fully saturated rings. The van der Waals surface area contributed by atoms with E-state index in [9.17, 15) is 18.5 Å². The first kappa shape index (κ1) is 16.3. The first-order chi connectivity index (χ1) is 9.34. The van der Waals surface area contributed by atoms with Crippen LogP contribution in [0.3, 0.4) is 0 Å². The summed E-state index contributed by atoms with van der Waals surface area (Å²) in [5.41, 5.74) is 4.95. The summed E-state index contributed by atoms with van der Waals surface area (Å²) in [7, 11) is -1.09. The number of hydrogen-bond acceptors (Lipinski definition) is 6. The molecule has 0 spiro atoms. The highest BCUT2D eigenvalue weighted by atomic mass is 32.2. The van der Waals surface area contributed by atoms with E-state index in [1.165, 1.54) is 26.3 Å². The molecule has 0 atom stereocenters. The molecule has 0 heterocycles. The van der Waals surface area contributed by atoms with Crippen molar-refractivity contribution >= 4 is 15.7 Å². The van der Waals surface area contributed by atoms with Crippen LogP contribution in [0.15, 0.2) is 23.1 Å². The summed E-state index contributed by atoms with van der Waals surface area (Å²) < 4.78 is 30.4. The number of ether oxygens (including phenoxy) is 1. The molecule has 1 aromatic rings. The molecule has 1 rings (SSSR count). The Balaban J connectivity index is 3.19. The summed E-state index contributed by atoms with van der Waals surface area (Å²) in [5, 5.41) is 10.9. The van der Waals surface area contributed by atoms with Gasteiger partial charge in [-0.1, -0.05) is 0 Å². The Kier molecular flexibility index (Phi) is 5.43. The van der Waals surface area contributed by atoms with E-state index in [2.05, 4.69) is 0 Å². The van der Waals surface area contributed by atoms with Gasteiger partial charge in [0.05, 0.1) is 16.9 Å². The Morgan fingerprint density at radius 1 is 1.45 bits per heavy atom. The molecule has 0 radical (unpaired) electrons. The van der Waals surface area contributed by atoms with Crippen LogP contribution >= 0.6 is 0 Å². The summed E-state index contributed by atoms with van der Waals surface area (Å²) in [6.07, 6.45) is 0.508. The van der Waals surface area contributed by atoms with Crippen LogP contribution < -0.4 is 10.5 Å². The third kappa shape index (κ3) is 3.44. The van der Waals surface area contributed by atoms with Crippen molar-refractivity contribution in [1.82, 2.24) is 4.31 Å². The lowest BCUT2D eigenvalue weighted by Crippen LogP contribution is -2.29. The van der Waals surface area contributed by atoms with E-state index in [1.54, 1.807) is 0 Å². The van der Waals surface area contributed by atoms with Crippen LogP contribution in [0.4, 0.5) is 5.69 Å². The molecule has 0 aliphatic rings. The summed E-state index contributed by atoms with van der Waals surface area (Å²) >= 11 is 0. The molecule has 0 amide bonds. The minimum absolute atomic E-state index is 0.0126. The van der Waals surface area contributed by atoms with E-state index in [0.29, 0.717) is 13.0 Å². The van der Waals surface area contributed by atoms with Gasteiger partial charge in [-0.25, -0.2) is 12.7 Å². The van der Waals surface area contributed by atoms with Gasteiger partial charge < -0.3 is 10.5 Å². The predicted molar refractivity (Wildman–Crippen MR) is 73.1 cm³/mol. The third-order valence-electron chi connectivity index (χ3n) is 2.73. The van der Waals surface area contributed by atoms with Crippen LogP contribution in [-0.2, 0) is 10.0 Å². The van der Waals surface area contributed by atoms with E-state index in [0.717, 1.165) is 10.4 Å². The van der Waals surface area contributed by atoms with Gasteiger partial charge in [-0.2, -0.15) is 0 Å². The van der Waals surface area contributed by atoms with Crippen molar-refractivity contribution in [2.24, 2.45) is 5.73 Å². The number of rotatable bonds is 7. The fourth-order valence-electron chi connectivity index (χ4n) is 1.59. The van der Waals surface area contributed by atoms with Gasteiger partial charge in [0.15, 0.2) is 5.75 Å². The van der Waals surface area contributed by atoms with Gasteiger partial charge in [-0.3, -0.25) is 10.1 Å². The lowest BCUT2D eigenvalue weighted by atomic mass is 10.3. The summed E-state index contributed by atoms with van der Waals surface area (Å²) in [5.74, 6) is 0.0126. The SMILES string of the molecule is COc1ccc(S(=O)(=O)N(C)CCCN)cc1[N+](=O)[O-]. The fourth-order valence-corrected chi connectivity index (χ4v) is 2.82. The molecular formula is C11H17N3O5S. The highest BCUT2D eigenvalue weighted by molar-refractivity contribution is 7.89. The van der Waals surface area contributed by atoms with Crippen LogP contribution in [0.5, 0.6) is 5.75 Å². The highest BCUT2D eigenvalue weighted by Gasteiger charge is 2.25. The van der Waals surface area contributed by atoms with E-state index in [1.807, 2.05) is 0 Å². The molecule has 2 N–H and O–H groups in total. The van der Waals surface area contributed by atoms with Gasteiger partial charge in [0.25, 0.3) is 0 Å². The Hall–Kier alpha value is -1.71. The quantitative estimate of drug-likeness (QED) is 0.581. The maximum absolute atomic E-state index is 12.2. The molecule has 0 saturated carbocycles. The van der Waals surface area contributed by atoms with Crippen molar-refractivity contribution in [1.29, 1.82) is 0 Å². The summed E-state index contributed by atoms with van der Waals surface area (Å²) in [4.78, 5) is 10.1. The third-order valence-corrected chi connectivity index (χ3v) is 4.59. The van der Waals surface area contributed by atoms with Crippen molar-refractivity contribution in [3.8, 4) is 5.75 Å². The monoisotopic (exact) mass is 303 g/mol. The van der Waals surface area contributed by atoms with Gasteiger partial charge in [-0.15, -0.1) is 0 Å². The van der Waals surface area contributed by atoms with Crippen LogP contribution in [0.25, 0.3) is 0 Å². The zero-order valence-electron chi connectivity index (χ0n) is 11.3. The van der Waals surface area contributed by atoms with Gasteiger partial charge >= 0.3 is 5.69 Å². The Morgan fingerprint density at radius 3 is 2.60 bits per heavy atom. The maximum atomic E-state index is 12.2. The zero-order valence-corrected chi connectivity index (χ0v) is 12.1. The van der Waals surface area contributed by atoms with Gasteiger partial charge in [0.1, 0.15) is 0 Å². The standard InChI is InChI=1S/C11H17N3O5S/c1-13(7-3-6-12)20(17,18)9-4-5-11(19-2)10(8-9)14(15)16/h4-5,8H,3,6-7,12H2,1-2H3. The molecule has 9 heteroatoms. The largest absolute Gasteiger partial charge is 0.490 e. The lowest BCUT2D eigenvalue weighted by Gasteiger charge is -2.16. The van der Waals surface area contributed by atoms with Gasteiger partial charge in [0.2, 0.25) is 10.0 Å². The minimum atomic E-state index is -3.77. The van der Waals surface area contributed by atoms with Crippen molar-refractivity contribution in [3.05, 3.63) is 28.3 Å². The number of methoxy groups -OCH3 is 1. The van der Waals surface area contributed by atoms with Crippen LogP contribution in [0, 0.1) is 10.1 Å². The average molecular weight is 303 g/mol. The van der Waals surface area contributed by atoms with E-state index in [4.69, 9.17) is 10.5 Å². The number of nitro groups is 1. The normalized spacial score (nSPS) is 11.6. The molecule has 0 aromatic heterocycles. The molecule has 112 valence electrons. The Labute approximate surface area is 117 Å². The molecular weight excluding hydrogens is 286 g/mol. The second-order valence-electron chi connectivity index (χ2n) is 4.06. The average Bonchev–Trinajstić information content (AvgIpc) is 2.43. The first-order valence-corrected chi connectivity index (χ1v) is 7.27. The van der Waals surface area contributed by atoms with E-state index >= 15 is 0 Å². The molecule has 20 heavy (non-hydrogen) atoms. The number of benzene rings is 1. The first-order valence-electron chi connectivity index (χ1n) is 5.83. The molecule has 1 aromatic carbocycles. The lowest BCUT2D eigenvalue weighted by molar-refractivity contribution is -0.386. The van der Waals surface area contributed by atoms with Crippen molar-refractivity contribution in [2.45, 2.75) is 11.3 Å². The van der Waals surface area contributed by atoms with Gasteiger partial charge in [0, 0.05) is 19.7 Å². The molecule has 8 nitrogen and oxygen atoms in total. The fraction of sp³-hybridized carbons (Fsp3) is 0.455. The Morgan fingerprint density at radius 2 is 2.10 bits per heavy atom. The topological polar surface area (TPSA) is 116 Å². The van der Waals surface area contributed by atoms with Crippen molar-refractivity contribution in [2.75, 3.05) is 27.2 Å². The summed E-state index contributed by atoms with van der Waals surface area (Å²) in [6, 6.07) is 3.54. The minimum Gasteiger partial charge on any atom is -0.490 e. The second-order valence-corrected chi connectivity index (χ2v) is 6.10. The van der Waals surface area contributed by atoms with E-state index < -0.39 is 14.9 Å². The maximum Gasteiger partial charge on any atom is 0.312 e. The zero-order chi connectivity index (χ0) is 15.3. The summed E-state index contributed by atoms with van der Waals surface area (Å²) in [6.45, 7) is 0.612. The number of nitrogens with zero attached hydrogens (tertiary/aromatic N) is 2. The number of nitrogens with two attached hydrogens (primary N) is 1. The molecule has 0 aliphatic heterocycles. The van der Waals surface area contributed by atoms with Crippen LogP contribution in [0.1, 0.15) is 6.42 Å². The van der Waals surface area contributed by atoms with Crippen molar-refractivity contribution in [3.63, 3.8) is 0 Å². The van der Waals surface area contributed by atoms with E-state index in [-0.39, 0.29) is 22.9 Å². The predicted octanol–water partition coefficient (Wildman–Crippen LogP) is 0.573. The Bertz CT molecular complexity index is 588. The van der Waals surface area contributed by atoms with Gasteiger partial charge in [-0.05, 0) is 25.1 Å². The number of nitro benzene ring substituents is 1. The highest BCUT2D eigenvalue weighted by Crippen LogP contribution is 2.30.